The quantitative estimate of drug-likeness (QED) is 0.636. The van der Waals surface area contributed by atoms with E-state index in [1.807, 2.05) is 12.1 Å². The number of ether oxygens (including phenoxy) is 1. The zero-order valence-corrected chi connectivity index (χ0v) is 16.3. The second-order valence-corrected chi connectivity index (χ2v) is 7.77. The van der Waals surface area contributed by atoms with Crippen molar-refractivity contribution in [3.05, 3.63) is 82.4 Å². The largest absolute Gasteiger partial charge is 0.465 e. The van der Waals surface area contributed by atoms with Crippen LogP contribution in [0.1, 0.15) is 66.7 Å². The van der Waals surface area contributed by atoms with Gasteiger partial charge in [-0.15, -0.1) is 0 Å². The van der Waals surface area contributed by atoms with Gasteiger partial charge in [-0.3, -0.25) is 0 Å². The van der Waals surface area contributed by atoms with Gasteiger partial charge in [0.1, 0.15) is 0 Å². The maximum Gasteiger partial charge on any atom is 0.337 e. The highest BCUT2D eigenvalue weighted by molar-refractivity contribution is 5.90. The Hall–Kier alpha value is -2.61. The van der Waals surface area contributed by atoms with E-state index in [1.54, 1.807) is 12.1 Å². The Bertz CT molecular complexity index is 912. The number of carbonyl (C=O) groups is 1. The molecule has 26 heavy (non-hydrogen) atoms. The molecule has 0 radical (unpaired) electrons. The summed E-state index contributed by atoms with van der Waals surface area (Å²) in [6.07, 6.45) is 1.10. The maximum atomic E-state index is 11.6. The molecular formula is C24H26O2. The second kappa shape index (κ2) is 6.60. The van der Waals surface area contributed by atoms with Gasteiger partial charge in [-0.2, -0.15) is 0 Å². The molecule has 2 aromatic carbocycles. The van der Waals surface area contributed by atoms with Crippen molar-refractivity contribution in [1.29, 1.82) is 0 Å². The molecule has 0 aliphatic heterocycles. The normalized spacial score (nSPS) is 15.4. The summed E-state index contributed by atoms with van der Waals surface area (Å²) in [7, 11) is 1.39. The van der Waals surface area contributed by atoms with E-state index < -0.39 is 0 Å². The van der Waals surface area contributed by atoms with E-state index in [-0.39, 0.29) is 11.4 Å². The van der Waals surface area contributed by atoms with Crippen LogP contribution >= 0.6 is 0 Å². The number of benzene rings is 2. The molecule has 0 saturated carbocycles. The summed E-state index contributed by atoms with van der Waals surface area (Å²) < 4.78 is 4.76. The fraction of sp³-hybridized carbons (Fsp3) is 0.292. The van der Waals surface area contributed by atoms with E-state index in [9.17, 15) is 4.79 Å². The molecule has 0 N–H and O–H groups in total. The average molecular weight is 346 g/mol. The van der Waals surface area contributed by atoms with E-state index in [0.717, 1.165) is 23.1 Å². The van der Waals surface area contributed by atoms with E-state index in [4.69, 9.17) is 4.74 Å². The number of carbonyl (C=O) groups excluding carboxylic acids is 1. The fourth-order valence-electron chi connectivity index (χ4n) is 3.85. The Morgan fingerprint density at radius 2 is 1.58 bits per heavy atom. The van der Waals surface area contributed by atoms with E-state index in [2.05, 4.69) is 52.5 Å². The second-order valence-electron chi connectivity index (χ2n) is 7.77. The lowest BCUT2D eigenvalue weighted by molar-refractivity contribution is 0.0600. The zero-order valence-electron chi connectivity index (χ0n) is 16.3. The van der Waals surface area contributed by atoms with Gasteiger partial charge < -0.3 is 4.74 Å². The van der Waals surface area contributed by atoms with Gasteiger partial charge in [0.05, 0.1) is 12.7 Å². The molecule has 134 valence electrons. The molecule has 0 bridgehead atoms. The molecule has 1 aliphatic rings. The lowest BCUT2D eigenvalue weighted by Gasteiger charge is -2.34. The molecule has 0 unspecified atom stereocenters. The average Bonchev–Trinajstić information content (AvgIpc) is 2.64. The van der Waals surface area contributed by atoms with Gasteiger partial charge in [0.15, 0.2) is 0 Å². The third-order valence-corrected chi connectivity index (χ3v) is 5.50. The van der Waals surface area contributed by atoms with Crippen molar-refractivity contribution in [2.24, 2.45) is 0 Å². The van der Waals surface area contributed by atoms with Crippen LogP contribution in [0.3, 0.4) is 0 Å². The topological polar surface area (TPSA) is 26.3 Å². The maximum absolute atomic E-state index is 11.6. The number of esters is 1. The molecule has 2 aromatic rings. The van der Waals surface area contributed by atoms with Crippen molar-refractivity contribution in [1.82, 2.24) is 0 Å². The van der Waals surface area contributed by atoms with Crippen LogP contribution in [0.4, 0.5) is 0 Å². The molecule has 0 saturated heterocycles. The highest BCUT2D eigenvalue weighted by atomic mass is 16.5. The molecule has 2 heteroatoms. The highest BCUT2D eigenvalue weighted by Crippen LogP contribution is 2.43. The lowest BCUT2D eigenvalue weighted by Crippen LogP contribution is -2.23. The van der Waals surface area contributed by atoms with Crippen molar-refractivity contribution in [2.75, 3.05) is 7.11 Å². The van der Waals surface area contributed by atoms with Gasteiger partial charge in [0.2, 0.25) is 0 Å². The molecule has 0 atom stereocenters. The van der Waals surface area contributed by atoms with Crippen molar-refractivity contribution in [2.45, 2.75) is 39.5 Å². The lowest BCUT2D eigenvalue weighted by atomic mass is 9.70. The third-order valence-electron chi connectivity index (χ3n) is 5.50. The van der Waals surface area contributed by atoms with Crippen molar-refractivity contribution in [3.63, 3.8) is 0 Å². The SMILES string of the molecule is C=C(c1ccc(C(=O)OC)cc1)c1ccc2c(c1)C(C)=C(C)CC2(C)C. The summed E-state index contributed by atoms with van der Waals surface area (Å²) in [4.78, 5) is 11.6. The first-order valence-electron chi connectivity index (χ1n) is 8.94. The van der Waals surface area contributed by atoms with Crippen LogP contribution in [0.15, 0.2) is 54.6 Å². The molecule has 0 aromatic heterocycles. The summed E-state index contributed by atoms with van der Waals surface area (Å²) in [5, 5.41) is 0. The van der Waals surface area contributed by atoms with Crippen LogP contribution in [-0.2, 0) is 10.2 Å². The molecule has 0 fully saturated rings. The summed E-state index contributed by atoms with van der Waals surface area (Å²) in [5.41, 5.74) is 9.32. The number of fused-ring (bicyclic) bond motifs is 1. The predicted molar refractivity (Wildman–Crippen MR) is 108 cm³/mol. The van der Waals surface area contributed by atoms with Gasteiger partial charge >= 0.3 is 5.97 Å². The van der Waals surface area contributed by atoms with Crippen molar-refractivity contribution in [3.8, 4) is 0 Å². The minimum Gasteiger partial charge on any atom is -0.465 e. The first-order valence-corrected chi connectivity index (χ1v) is 8.94. The van der Waals surface area contributed by atoms with E-state index in [1.165, 1.54) is 29.4 Å². The first kappa shape index (κ1) is 18.2. The number of allylic oxidation sites excluding steroid dienone is 2. The Labute approximate surface area is 156 Å². The minimum atomic E-state index is -0.325. The Morgan fingerprint density at radius 1 is 1.00 bits per heavy atom. The molecule has 0 amide bonds. The van der Waals surface area contributed by atoms with Gasteiger partial charge in [0.25, 0.3) is 0 Å². The van der Waals surface area contributed by atoms with Crippen LogP contribution in [-0.4, -0.2) is 13.1 Å². The Morgan fingerprint density at radius 3 is 2.19 bits per heavy atom. The van der Waals surface area contributed by atoms with Gasteiger partial charge in [-0.1, -0.05) is 50.3 Å². The summed E-state index contributed by atoms with van der Waals surface area (Å²) in [5.74, 6) is -0.325. The van der Waals surface area contributed by atoms with Crippen molar-refractivity contribution >= 4 is 17.1 Å². The summed E-state index contributed by atoms with van der Waals surface area (Å²) in [6, 6.07) is 14.1. The highest BCUT2D eigenvalue weighted by Gasteiger charge is 2.29. The number of rotatable bonds is 3. The monoisotopic (exact) mass is 346 g/mol. The molecule has 1 aliphatic carbocycles. The number of hydrogen-bond acceptors (Lipinski definition) is 2. The zero-order chi connectivity index (χ0) is 19.1. The number of methoxy groups -OCH3 is 1. The summed E-state index contributed by atoms with van der Waals surface area (Å²) in [6.45, 7) is 13.3. The van der Waals surface area contributed by atoms with Gasteiger partial charge in [-0.05, 0) is 77.3 Å². The van der Waals surface area contributed by atoms with Crippen LogP contribution in [0.2, 0.25) is 0 Å². The minimum absolute atomic E-state index is 0.154. The number of hydrogen-bond donors (Lipinski definition) is 0. The van der Waals surface area contributed by atoms with Crippen LogP contribution in [0.5, 0.6) is 0 Å². The van der Waals surface area contributed by atoms with Crippen LogP contribution in [0.25, 0.3) is 11.1 Å². The Kier molecular flexibility index (Phi) is 4.62. The Balaban J connectivity index is 1.99. The molecule has 0 spiro atoms. The van der Waals surface area contributed by atoms with Crippen LogP contribution < -0.4 is 0 Å². The predicted octanol–water partition coefficient (Wildman–Crippen LogP) is 6.01. The van der Waals surface area contributed by atoms with E-state index in [0.29, 0.717) is 5.56 Å². The van der Waals surface area contributed by atoms with Crippen LogP contribution in [0, 0.1) is 0 Å². The fourth-order valence-corrected chi connectivity index (χ4v) is 3.85. The molecule has 2 nitrogen and oxygen atoms in total. The molecule has 0 heterocycles. The van der Waals surface area contributed by atoms with Gasteiger partial charge in [0, 0.05) is 0 Å². The first-order chi connectivity index (χ1) is 12.2. The van der Waals surface area contributed by atoms with E-state index >= 15 is 0 Å². The molecular weight excluding hydrogens is 320 g/mol. The third kappa shape index (κ3) is 3.12. The molecule has 3 rings (SSSR count). The standard InChI is InChI=1S/C24H26O2/c1-15-14-24(4,5)22-12-11-20(13-21(22)16(15)2)17(3)18-7-9-19(10-8-18)23(25)26-6/h7-13H,3,14H2,1-2,4-6H3. The van der Waals surface area contributed by atoms with Crippen molar-refractivity contribution < 1.29 is 9.53 Å². The smallest absolute Gasteiger partial charge is 0.337 e. The summed E-state index contributed by atoms with van der Waals surface area (Å²) >= 11 is 0. The van der Waals surface area contributed by atoms with Gasteiger partial charge in [-0.25, -0.2) is 4.79 Å².